The van der Waals surface area contributed by atoms with Crippen LogP contribution in [0, 0.1) is 0 Å². The van der Waals surface area contributed by atoms with Crippen LogP contribution in [-0.2, 0) is 6.54 Å². The van der Waals surface area contributed by atoms with Gasteiger partial charge >= 0.3 is 0 Å². The van der Waals surface area contributed by atoms with Crippen LogP contribution in [0.4, 0.5) is 0 Å². The van der Waals surface area contributed by atoms with Crippen LogP contribution in [-0.4, -0.2) is 26.9 Å². The molecule has 0 aliphatic rings. The molecule has 1 amide bonds. The molecule has 0 radical (unpaired) electrons. The van der Waals surface area contributed by atoms with Crippen molar-refractivity contribution < 1.29 is 4.79 Å². The third kappa shape index (κ3) is 4.07. The van der Waals surface area contributed by atoms with Gasteiger partial charge in [-0.25, -0.2) is 5.43 Å². The predicted molar refractivity (Wildman–Crippen MR) is 110 cm³/mol. The van der Waals surface area contributed by atoms with Crippen molar-refractivity contribution in [3.63, 3.8) is 0 Å². The number of halogens is 1. The number of fused-ring (bicyclic) bond motifs is 1. The van der Waals surface area contributed by atoms with Crippen LogP contribution in [0.15, 0.2) is 78.2 Å². The molecule has 4 rings (SSSR count). The first-order valence-corrected chi connectivity index (χ1v) is 9.02. The highest BCUT2D eigenvalue weighted by Crippen LogP contribution is 2.14. The zero-order chi connectivity index (χ0) is 19.3. The highest BCUT2D eigenvalue weighted by atomic mass is 35.5. The molecule has 0 spiro atoms. The largest absolute Gasteiger partial charge is 0.291 e. The molecule has 0 aliphatic carbocycles. The van der Waals surface area contributed by atoms with Gasteiger partial charge in [0.1, 0.15) is 0 Å². The molecular weight excluding hydrogens is 374 g/mol. The van der Waals surface area contributed by atoms with Crippen LogP contribution in [0.2, 0.25) is 5.02 Å². The number of pyridine rings is 1. The smallest absolute Gasteiger partial charge is 0.268 e. The Labute approximate surface area is 166 Å². The first kappa shape index (κ1) is 17.9. The third-order valence-electron chi connectivity index (χ3n) is 4.16. The van der Waals surface area contributed by atoms with Crippen molar-refractivity contribution in [1.82, 2.24) is 20.2 Å². The molecule has 138 valence electrons. The van der Waals surface area contributed by atoms with Crippen LogP contribution in [0.25, 0.3) is 10.9 Å². The van der Waals surface area contributed by atoms with Gasteiger partial charge in [-0.2, -0.15) is 10.2 Å². The number of nitrogens with zero attached hydrogens (tertiary/aromatic N) is 4. The molecule has 7 heteroatoms. The van der Waals surface area contributed by atoms with Crippen molar-refractivity contribution in [2.75, 3.05) is 0 Å². The zero-order valence-electron chi connectivity index (χ0n) is 14.8. The summed E-state index contributed by atoms with van der Waals surface area (Å²) in [5, 5.41) is 10.0. The van der Waals surface area contributed by atoms with Gasteiger partial charge in [0.2, 0.25) is 0 Å². The van der Waals surface area contributed by atoms with Crippen LogP contribution < -0.4 is 5.43 Å². The lowest BCUT2D eigenvalue weighted by Gasteiger charge is -2.02. The summed E-state index contributed by atoms with van der Waals surface area (Å²) in [6.07, 6.45) is 5.06. The number of hydrogen-bond acceptors (Lipinski definition) is 4. The molecule has 2 heterocycles. The van der Waals surface area contributed by atoms with Crippen molar-refractivity contribution >= 4 is 34.6 Å². The molecule has 0 saturated carbocycles. The van der Waals surface area contributed by atoms with Crippen molar-refractivity contribution in [1.29, 1.82) is 0 Å². The highest BCUT2D eigenvalue weighted by molar-refractivity contribution is 6.30. The Morgan fingerprint density at radius 2 is 1.93 bits per heavy atom. The Bertz CT molecular complexity index is 1150. The fourth-order valence-electron chi connectivity index (χ4n) is 2.80. The molecule has 0 aliphatic heterocycles. The Hall–Kier alpha value is -3.51. The normalized spacial score (nSPS) is 11.2. The third-order valence-corrected chi connectivity index (χ3v) is 4.42. The minimum atomic E-state index is -0.376. The van der Waals surface area contributed by atoms with Gasteiger partial charge in [0, 0.05) is 28.4 Å². The number of aromatic nitrogens is 3. The molecule has 2 aromatic carbocycles. The second-order valence-corrected chi connectivity index (χ2v) is 6.58. The van der Waals surface area contributed by atoms with E-state index in [1.807, 2.05) is 54.6 Å². The van der Waals surface area contributed by atoms with E-state index in [4.69, 9.17) is 11.6 Å². The first-order chi connectivity index (χ1) is 13.7. The van der Waals surface area contributed by atoms with E-state index < -0.39 is 0 Å². The summed E-state index contributed by atoms with van der Waals surface area (Å²) in [6.45, 7) is 0.551. The fraction of sp³-hybridized carbons (Fsp3) is 0.0476. The van der Waals surface area contributed by atoms with Crippen molar-refractivity contribution in [2.45, 2.75) is 6.54 Å². The predicted octanol–water partition coefficient (Wildman–Crippen LogP) is 3.90. The Morgan fingerprint density at radius 1 is 1.11 bits per heavy atom. The van der Waals surface area contributed by atoms with Gasteiger partial charge in [0.25, 0.3) is 5.91 Å². The molecule has 2 aromatic heterocycles. The average Bonchev–Trinajstić information content (AvgIpc) is 3.18. The van der Waals surface area contributed by atoms with Crippen molar-refractivity contribution in [3.05, 3.63) is 94.9 Å². The van der Waals surface area contributed by atoms with Crippen LogP contribution in [0.1, 0.15) is 21.6 Å². The lowest BCUT2D eigenvalue weighted by Crippen LogP contribution is -2.18. The number of benzene rings is 2. The number of hydrazone groups is 1. The van der Waals surface area contributed by atoms with Gasteiger partial charge in [-0.1, -0.05) is 48.0 Å². The average molecular weight is 390 g/mol. The molecule has 6 nitrogen and oxygen atoms in total. The van der Waals surface area contributed by atoms with Gasteiger partial charge < -0.3 is 0 Å². The van der Waals surface area contributed by atoms with Crippen molar-refractivity contribution in [2.24, 2.45) is 5.10 Å². The summed E-state index contributed by atoms with van der Waals surface area (Å²) in [7, 11) is 0. The van der Waals surface area contributed by atoms with E-state index in [0.717, 1.165) is 22.0 Å². The second-order valence-electron chi connectivity index (χ2n) is 6.15. The highest BCUT2D eigenvalue weighted by Gasteiger charge is 2.09. The first-order valence-electron chi connectivity index (χ1n) is 8.64. The van der Waals surface area contributed by atoms with Gasteiger partial charge in [-0.3, -0.25) is 14.5 Å². The molecule has 0 saturated heterocycles. The summed E-state index contributed by atoms with van der Waals surface area (Å²) in [6, 6.07) is 18.8. The summed E-state index contributed by atoms with van der Waals surface area (Å²) in [4.78, 5) is 16.6. The molecule has 28 heavy (non-hydrogen) atoms. The van der Waals surface area contributed by atoms with E-state index in [2.05, 4.69) is 20.6 Å². The maximum Gasteiger partial charge on any atom is 0.291 e. The zero-order valence-corrected chi connectivity index (χ0v) is 15.5. The molecule has 4 aromatic rings. The van der Waals surface area contributed by atoms with Gasteiger partial charge in [0.15, 0.2) is 5.69 Å². The lowest BCUT2D eigenvalue weighted by atomic mass is 10.1. The summed E-state index contributed by atoms with van der Waals surface area (Å²) in [5.74, 6) is -0.376. The van der Waals surface area contributed by atoms with E-state index in [9.17, 15) is 4.79 Å². The number of rotatable bonds is 5. The minimum Gasteiger partial charge on any atom is -0.268 e. The van der Waals surface area contributed by atoms with Crippen LogP contribution in [0.3, 0.4) is 0 Å². The van der Waals surface area contributed by atoms with Gasteiger partial charge in [-0.05, 0) is 29.8 Å². The lowest BCUT2D eigenvalue weighted by molar-refractivity contribution is 0.0949. The molecular formula is C21H16ClN5O. The van der Waals surface area contributed by atoms with Gasteiger partial charge in [0.05, 0.1) is 18.3 Å². The molecule has 0 atom stereocenters. The quantitative estimate of drug-likeness (QED) is 0.415. The summed E-state index contributed by atoms with van der Waals surface area (Å²) in [5.41, 5.74) is 5.50. The molecule has 1 N–H and O–H groups in total. The van der Waals surface area contributed by atoms with Crippen molar-refractivity contribution in [3.8, 4) is 0 Å². The van der Waals surface area contributed by atoms with E-state index in [1.165, 1.54) is 0 Å². The fourth-order valence-corrected chi connectivity index (χ4v) is 2.92. The molecule has 0 unspecified atom stereocenters. The Balaban J connectivity index is 1.42. The van der Waals surface area contributed by atoms with Gasteiger partial charge in [-0.15, -0.1) is 0 Å². The standard InChI is InChI=1S/C21H16ClN5O/c22-18-8-6-15(7-9-18)14-27-12-10-19(26-27)21(28)25-24-13-17-4-1-3-16-5-2-11-23-20(16)17/h1-13H,14H2,(H,25,28). The second kappa shape index (κ2) is 8.02. The van der Waals surface area contributed by atoms with E-state index >= 15 is 0 Å². The maximum atomic E-state index is 12.3. The number of hydrogen-bond donors (Lipinski definition) is 1. The molecule has 0 fully saturated rings. The number of carbonyl (C=O) groups is 1. The molecule has 0 bridgehead atoms. The van der Waals surface area contributed by atoms with Crippen LogP contribution in [0.5, 0.6) is 0 Å². The van der Waals surface area contributed by atoms with Crippen LogP contribution >= 0.6 is 11.6 Å². The number of amides is 1. The number of para-hydroxylation sites is 1. The summed E-state index contributed by atoms with van der Waals surface area (Å²) >= 11 is 5.89. The SMILES string of the molecule is O=C(NN=Cc1cccc2cccnc12)c1ccn(Cc2ccc(Cl)cc2)n1. The monoisotopic (exact) mass is 389 g/mol. The summed E-state index contributed by atoms with van der Waals surface area (Å²) < 4.78 is 1.69. The van der Waals surface area contributed by atoms with E-state index in [1.54, 1.807) is 29.4 Å². The van der Waals surface area contributed by atoms with E-state index in [0.29, 0.717) is 17.3 Å². The Kier molecular flexibility index (Phi) is 5.12. The number of nitrogens with one attached hydrogen (secondary N) is 1. The minimum absolute atomic E-state index is 0.294. The maximum absolute atomic E-state index is 12.3. The number of carbonyl (C=O) groups excluding carboxylic acids is 1. The Morgan fingerprint density at radius 3 is 2.79 bits per heavy atom. The topological polar surface area (TPSA) is 72.2 Å². The van der Waals surface area contributed by atoms with E-state index in [-0.39, 0.29) is 5.91 Å².